The molecule has 3 unspecified atom stereocenters. The maximum atomic E-state index is 2.36. The molecule has 2 aliphatic carbocycles. The Bertz CT molecular complexity index is 301. The molecule has 2 fully saturated rings. The summed E-state index contributed by atoms with van der Waals surface area (Å²) in [4.78, 5) is 0. The van der Waals surface area contributed by atoms with Crippen LogP contribution in [0.25, 0.3) is 0 Å². The number of hydrogen-bond acceptors (Lipinski definition) is 0. The van der Waals surface area contributed by atoms with Gasteiger partial charge < -0.3 is 4.57 Å². The van der Waals surface area contributed by atoms with Crippen LogP contribution in [0.15, 0.2) is 24.5 Å². The van der Waals surface area contributed by atoms with Gasteiger partial charge in [0.1, 0.15) is 0 Å². The second kappa shape index (κ2) is 4.03. The van der Waals surface area contributed by atoms with Crippen molar-refractivity contribution in [2.75, 3.05) is 0 Å². The van der Waals surface area contributed by atoms with Gasteiger partial charge in [0.2, 0.25) is 0 Å². The first kappa shape index (κ1) is 9.50. The Balaban J connectivity index is 1.59. The van der Waals surface area contributed by atoms with E-state index in [4.69, 9.17) is 0 Å². The van der Waals surface area contributed by atoms with Crippen molar-refractivity contribution in [1.82, 2.24) is 4.57 Å². The molecule has 0 aliphatic heterocycles. The molecule has 3 atom stereocenters. The fraction of sp³-hybridized carbons (Fsp3) is 0.714. The van der Waals surface area contributed by atoms with Gasteiger partial charge in [0, 0.05) is 18.9 Å². The van der Waals surface area contributed by atoms with E-state index in [0.717, 1.165) is 17.8 Å². The molecular formula is C14H21N. The first-order valence-corrected chi connectivity index (χ1v) is 6.52. The number of fused-ring (bicyclic) bond motifs is 1. The highest BCUT2D eigenvalue weighted by Crippen LogP contribution is 2.44. The summed E-state index contributed by atoms with van der Waals surface area (Å²) >= 11 is 0. The van der Waals surface area contributed by atoms with Crippen LogP contribution in [0.2, 0.25) is 0 Å². The van der Waals surface area contributed by atoms with Crippen molar-refractivity contribution in [3.05, 3.63) is 24.5 Å². The minimum Gasteiger partial charge on any atom is -0.354 e. The molecule has 3 rings (SSSR count). The van der Waals surface area contributed by atoms with Crippen LogP contribution in [-0.4, -0.2) is 4.57 Å². The minimum atomic E-state index is 0.955. The molecule has 0 saturated heterocycles. The summed E-state index contributed by atoms with van der Waals surface area (Å²) in [6.45, 7) is 1.26. The van der Waals surface area contributed by atoms with Crippen molar-refractivity contribution in [2.45, 2.75) is 45.1 Å². The highest BCUT2D eigenvalue weighted by Gasteiger charge is 2.33. The summed E-state index contributed by atoms with van der Waals surface area (Å²) in [7, 11) is 0. The summed E-state index contributed by atoms with van der Waals surface area (Å²) in [5.74, 6) is 3.14. The fourth-order valence-corrected chi connectivity index (χ4v) is 3.76. The molecule has 2 saturated carbocycles. The summed E-state index contributed by atoms with van der Waals surface area (Å²) < 4.78 is 2.36. The molecule has 0 radical (unpaired) electrons. The van der Waals surface area contributed by atoms with Gasteiger partial charge in [-0.3, -0.25) is 0 Å². The largest absolute Gasteiger partial charge is 0.354 e. The molecule has 1 nitrogen and oxygen atoms in total. The third-order valence-electron chi connectivity index (χ3n) is 4.53. The van der Waals surface area contributed by atoms with Crippen molar-refractivity contribution < 1.29 is 0 Å². The Morgan fingerprint density at radius 2 is 1.73 bits per heavy atom. The van der Waals surface area contributed by atoms with Gasteiger partial charge in [0.05, 0.1) is 0 Å². The predicted molar refractivity (Wildman–Crippen MR) is 62.6 cm³/mol. The SMILES string of the molecule is c1ccn(CC2CCC3CCCC3C2)c1. The molecular weight excluding hydrogens is 182 g/mol. The van der Waals surface area contributed by atoms with Crippen LogP contribution in [0.5, 0.6) is 0 Å². The zero-order chi connectivity index (χ0) is 10.1. The van der Waals surface area contributed by atoms with Crippen LogP contribution < -0.4 is 0 Å². The van der Waals surface area contributed by atoms with E-state index in [2.05, 4.69) is 29.1 Å². The van der Waals surface area contributed by atoms with Gasteiger partial charge in [-0.05, 0) is 49.1 Å². The predicted octanol–water partition coefficient (Wildman–Crippen LogP) is 3.70. The van der Waals surface area contributed by atoms with Crippen molar-refractivity contribution >= 4 is 0 Å². The van der Waals surface area contributed by atoms with Crippen LogP contribution in [0.3, 0.4) is 0 Å². The van der Waals surface area contributed by atoms with E-state index >= 15 is 0 Å². The lowest BCUT2D eigenvalue weighted by Gasteiger charge is -2.32. The van der Waals surface area contributed by atoms with Gasteiger partial charge in [-0.1, -0.05) is 19.3 Å². The lowest BCUT2D eigenvalue weighted by Crippen LogP contribution is -2.23. The highest BCUT2D eigenvalue weighted by atomic mass is 14.9. The topological polar surface area (TPSA) is 4.93 Å². The molecule has 1 aromatic heterocycles. The van der Waals surface area contributed by atoms with Crippen LogP contribution in [0.1, 0.15) is 38.5 Å². The minimum absolute atomic E-state index is 0.955. The zero-order valence-corrected chi connectivity index (χ0v) is 9.44. The van der Waals surface area contributed by atoms with Gasteiger partial charge in [-0.15, -0.1) is 0 Å². The monoisotopic (exact) mass is 203 g/mol. The number of aromatic nitrogens is 1. The lowest BCUT2D eigenvalue weighted by atomic mass is 9.76. The molecule has 0 amide bonds. The van der Waals surface area contributed by atoms with E-state index < -0.39 is 0 Å². The van der Waals surface area contributed by atoms with E-state index in [1.807, 2.05) is 0 Å². The van der Waals surface area contributed by atoms with E-state index in [0.29, 0.717) is 0 Å². The Kier molecular flexibility index (Phi) is 2.56. The van der Waals surface area contributed by atoms with Crippen molar-refractivity contribution in [3.63, 3.8) is 0 Å². The smallest absolute Gasteiger partial charge is 0.0248 e. The van der Waals surface area contributed by atoms with Crippen LogP contribution >= 0.6 is 0 Å². The van der Waals surface area contributed by atoms with Crippen LogP contribution in [-0.2, 0) is 6.54 Å². The Labute approximate surface area is 92.5 Å². The molecule has 1 heterocycles. The van der Waals surface area contributed by atoms with Crippen LogP contribution in [0, 0.1) is 17.8 Å². The fourth-order valence-electron chi connectivity index (χ4n) is 3.76. The molecule has 0 spiro atoms. The van der Waals surface area contributed by atoms with Gasteiger partial charge in [0.15, 0.2) is 0 Å². The molecule has 0 N–H and O–H groups in total. The van der Waals surface area contributed by atoms with Gasteiger partial charge >= 0.3 is 0 Å². The number of rotatable bonds is 2. The first-order chi connectivity index (χ1) is 7.42. The van der Waals surface area contributed by atoms with Gasteiger partial charge in [-0.25, -0.2) is 0 Å². The molecule has 0 aromatic carbocycles. The summed E-state index contributed by atoms with van der Waals surface area (Å²) in [5, 5.41) is 0. The molecule has 15 heavy (non-hydrogen) atoms. The molecule has 1 aromatic rings. The second-order valence-electron chi connectivity index (χ2n) is 5.51. The van der Waals surface area contributed by atoms with Crippen molar-refractivity contribution in [2.24, 2.45) is 17.8 Å². The molecule has 82 valence electrons. The lowest BCUT2D eigenvalue weighted by molar-refractivity contribution is 0.192. The van der Waals surface area contributed by atoms with Gasteiger partial charge in [-0.2, -0.15) is 0 Å². The normalized spacial score (nSPS) is 35.3. The highest BCUT2D eigenvalue weighted by molar-refractivity contribution is 4.92. The summed E-state index contributed by atoms with van der Waals surface area (Å²) in [5.41, 5.74) is 0. The Hall–Kier alpha value is -0.720. The summed E-state index contributed by atoms with van der Waals surface area (Å²) in [6.07, 6.45) is 13.5. The van der Waals surface area contributed by atoms with E-state index in [1.54, 1.807) is 0 Å². The zero-order valence-electron chi connectivity index (χ0n) is 9.44. The summed E-state index contributed by atoms with van der Waals surface area (Å²) in [6, 6.07) is 4.28. The van der Waals surface area contributed by atoms with Gasteiger partial charge in [0.25, 0.3) is 0 Å². The average Bonchev–Trinajstić information content (AvgIpc) is 2.87. The second-order valence-corrected chi connectivity index (χ2v) is 5.51. The Morgan fingerprint density at radius 1 is 0.933 bits per heavy atom. The standard InChI is InChI=1S/C14H21N/c1-2-9-15(8-1)11-12-6-7-13-4-3-5-14(13)10-12/h1-2,8-9,12-14H,3-7,10-11H2. The molecule has 1 heteroatoms. The maximum absolute atomic E-state index is 2.36. The van der Waals surface area contributed by atoms with Crippen molar-refractivity contribution in [1.29, 1.82) is 0 Å². The third kappa shape index (κ3) is 1.97. The number of hydrogen-bond donors (Lipinski definition) is 0. The third-order valence-corrected chi connectivity index (χ3v) is 4.53. The van der Waals surface area contributed by atoms with Crippen LogP contribution in [0.4, 0.5) is 0 Å². The van der Waals surface area contributed by atoms with E-state index in [9.17, 15) is 0 Å². The van der Waals surface area contributed by atoms with E-state index in [-0.39, 0.29) is 0 Å². The Morgan fingerprint density at radius 3 is 2.60 bits per heavy atom. The van der Waals surface area contributed by atoms with E-state index in [1.165, 1.54) is 45.1 Å². The molecule has 0 bridgehead atoms. The maximum Gasteiger partial charge on any atom is 0.0248 e. The first-order valence-electron chi connectivity index (χ1n) is 6.52. The van der Waals surface area contributed by atoms with Crippen molar-refractivity contribution in [3.8, 4) is 0 Å². The quantitative estimate of drug-likeness (QED) is 0.690. The molecule has 2 aliphatic rings. The average molecular weight is 203 g/mol. The number of nitrogens with zero attached hydrogens (tertiary/aromatic N) is 1.